The second-order valence-corrected chi connectivity index (χ2v) is 2.67. The van der Waals surface area contributed by atoms with Gasteiger partial charge in [-0.1, -0.05) is 0 Å². The minimum Gasteiger partial charge on any atom is -0.481 e. The van der Waals surface area contributed by atoms with Gasteiger partial charge in [-0.15, -0.1) is 0 Å². The summed E-state index contributed by atoms with van der Waals surface area (Å²) in [5.41, 5.74) is 0. The molecular weight excluding hydrogens is 186 g/mol. The molecule has 0 atom stereocenters. The Hall–Kier alpha value is -1.85. The van der Waals surface area contributed by atoms with E-state index in [9.17, 15) is 4.79 Å². The zero-order valence-corrected chi connectivity index (χ0v) is 7.97. The summed E-state index contributed by atoms with van der Waals surface area (Å²) >= 11 is 0. The van der Waals surface area contributed by atoms with Crippen molar-refractivity contribution in [3.8, 4) is 5.88 Å². The van der Waals surface area contributed by atoms with Gasteiger partial charge in [0.15, 0.2) is 0 Å². The minimum atomic E-state index is -0.912. The number of anilines is 1. The third-order valence-electron chi connectivity index (χ3n) is 1.60. The fourth-order valence-electron chi connectivity index (χ4n) is 0.934. The number of aromatic nitrogens is 2. The molecule has 0 aliphatic heterocycles. The zero-order chi connectivity index (χ0) is 10.6. The summed E-state index contributed by atoms with van der Waals surface area (Å²) in [7, 11) is 3.12. The van der Waals surface area contributed by atoms with Crippen LogP contribution in [-0.2, 0) is 4.79 Å². The second kappa shape index (κ2) is 4.40. The van der Waals surface area contributed by atoms with E-state index in [0.29, 0.717) is 11.7 Å². The fourth-order valence-corrected chi connectivity index (χ4v) is 0.934. The molecule has 6 heteroatoms. The summed E-state index contributed by atoms with van der Waals surface area (Å²) in [5, 5.41) is 8.56. The Balaban J connectivity index is 2.78. The maximum Gasteiger partial charge on any atom is 0.323 e. The smallest absolute Gasteiger partial charge is 0.323 e. The van der Waals surface area contributed by atoms with Crippen LogP contribution in [0.4, 0.5) is 5.82 Å². The highest BCUT2D eigenvalue weighted by atomic mass is 16.5. The summed E-state index contributed by atoms with van der Waals surface area (Å²) < 4.78 is 4.88. The van der Waals surface area contributed by atoms with E-state index in [-0.39, 0.29) is 6.54 Å². The molecule has 1 N–H and O–H groups in total. The molecule has 6 nitrogen and oxygen atoms in total. The molecule has 1 aromatic heterocycles. The molecule has 0 spiro atoms. The van der Waals surface area contributed by atoms with Gasteiger partial charge in [0.2, 0.25) is 5.88 Å². The highest BCUT2D eigenvalue weighted by Gasteiger charge is 2.07. The molecule has 1 heterocycles. The Morgan fingerprint density at radius 2 is 2.36 bits per heavy atom. The molecule has 0 saturated heterocycles. The van der Waals surface area contributed by atoms with Gasteiger partial charge in [-0.25, -0.2) is 9.97 Å². The number of carboxylic acid groups (broad SMARTS) is 1. The van der Waals surface area contributed by atoms with Crippen LogP contribution < -0.4 is 9.64 Å². The molecule has 0 aliphatic rings. The van der Waals surface area contributed by atoms with Gasteiger partial charge in [-0.05, 0) is 0 Å². The van der Waals surface area contributed by atoms with Crippen molar-refractivity contribution in [2.45, 2.75) is 0 Å². The lowest BCUT2D eigenvalue weighted by Gasteiger charge is -2.15. The Morgan fingerprint density at radius 1 is 1.64 bits per heavy atom. The lowest BCUT2D eigenvalue weighted by Crippen LogP contribution is -2.25. The van der Waals surface area contributed by atoms with Crippen LogP contribution in [0.5, 0.6) is 5.88 Å². The van der Waals surface area contributed by atoms with Crippen molar-refractivity contribution < 1.29 is 14.6 Å². The highest BCUT2D eigenvalue weighted by molar-refractivity contribution is 5.72. The summed E-state index contributed by atoms with van der Waals surface area (Å²) in [6, 6.07) is 1.57. The first kappa shape index (κ1) is 10.2. The number of carbonyl (C=O) groups is 1. The van der Waals surface area contributed by atoms with Gasteiger partial charge in [0, 0.05) is 13.1 Å². The topological polar surface area (TPSA) is 75.5 Å². The van der Waals surface area contributed by atoms with E-state index in [0.717, 1.165) is 0 Å². The van der Waals surface area contributed by atoms with Gasteiger partial charge in [0.25, 0.3) is 0 Å². The van der Waals surface area contributed by atoms with Crippen LogP contribution in [0.3, 0.4) is 0 Å². The monoisotopic (exact) mass is 197 g/mol. The first-order chi connectivity index (χ1) is 6.63. The van der Waals surface area contributed by atoms with E-state index >= 15 is 0 Å². The lowest BCUT2D eigenvalue weighted by molar-refractivity contribution is -0.135. The van der Waals surface area contributed by atoms with Crippen molar-refractivity contribution in [3.05, 3.63) is 12.4 Å². The number of carboxylic acids is 1. The van der Waals surface area contributed by atoms with Gasteiger partial charge in [-0.2, -0.15) is 0 Å². The largest absolute Gasteiger partial charge is 0.481 e. The molecular formula is C8H11N3O3. The first-order valence-corrected chi connectivity index (χ1v) is 3.92. The van der Waals surface area contributed by atoms with Crippen molar-refractivity contribution in [2.75, 3.05) is 25.6 Å². The Morgan fingerprint density at radius 3 is 2.93 bits per heavy atom. The van der Waals surface area contributed by atoms with E-state index in [1.807, 2.05) is 0 Å². The molecule has 0 fully saturated rings. The van der Waals surface area contributed by atoms with Crippen LogP contribution >= 0.6 is 0 Å². The van der Waals surface area contributed by atoms with Crippen molar-refractivity contribution in [1.82, 2.24) is 9.97 Å². The van der Waals surface area contributed by atoms with Crippen molar-refractivity contribution in [2.24, 2.45) is 0 Å². The van der Waals surface area contributed by atoms with Gasteiger partial charge in [0.05, 0.1) is 7.11 Å². The number of hydrogen-bond donors (Lipinski definition) is 1. The van der Waals surface area contributed by atoms with Crippen LogP contribution in [0.15, 0.2) is 12.4 Å². The third kappa shape index (κ3) is 2.58. The quantitative estimate of drug-likeness (QED) is 0.732. The van der Waals surface area contributed by atoms with Crippen molar-refractivity contribution in [3.63, 3.8) is 0 Å². The van der Waals surface area contributed by atoms with Crippen molar-refractivity contribution >= 4 is 11.8 Å². The number of rotatable bonds is 4. The van der Waals surface area contributed by atoms with Gasteiger partial charge >= 0.3 is 5.97 Å². The lowest BCUT2D eigenvalue weighted by atomic mass is 10.5. The molecule has 0 radical (unpaired) electrons. The first-order valence-electron chi connectivity index (χ1n) is 3.92. The van der Waals surface area contributed by atoms with E-state index in [1.54, 1.807) is 13.1 Å². The standard InChI is InChI=1S/C8H11N3O3/c1-11(4-8(12)13)6-3-7(14-2)10-5-9-6/h3,5H,4H2,1-2H3,(H,12,13). The fraction of sp³-hybridized carbons (Fsp3) is 0.375. The average molecular weight is 197 g/mol. The maximum absolute atomic E-state index is 10.4. The van der Waals surface area contributed by atoms with Gasteiger partial charge < -0.3 is 14.7 Å². The van der Waals surface area contributed by atoms with E-state index in [4.69, 9.17) is 9.84 Å². The molecule has 0 aromatic carbocycles. The van der Waals surface area contributed by atoms with Crippen LogP contribution in [0.1, 0.15) is 0 Å². The number of methoxy groups -OCH3 is 1. The number of aliphatic carboxylic acids is 1. The number of ether oxygens (including phenoxy) is 1. The predicted octanol–water partition coefficient (Wildman–Crippen LogP) is 0.00600. The predicted molar refractivity (Wildman–Crippen MR) is 49.5 cm³/mol. The SMILES string of the molecule is COc1cc(N(C)CC(=O)O)ncn1. The van der Waals surface area contributed by atoms with E-state index in [2.05, 4.69) is 9.97 Å². The summed E-state index contributed by atoms with van der Waals surface area (Å²) in [6.07, 6.45) is 1.33. The van der Waals surface area contributed by atoms with Gasteiger partial charge in [0.1, 0.15) is 18.7 Å². The van der Waals surface area contributed by atoms with Crippen molar-refractivity contribution in [1.29, 1.82) is 0 Å². The summed E-state index contributed by atoms with van der Waals surface area (Å²) in [4.78, 5) is 19.6. The third-order valence-corrected chi connectivity index (χ3v) is 1.60. The Bertz CT molecular complexity index is 329. The molecule has 0 aliphatic carbocycles. The van der Waals surface area contributed by atoms with E-state index in [1.165, 1.54) is 18.3 Å². The van der Waals surface area contributed by atoms with Gasteiger partial charge in [-0.3, -0.25) is 4.79 Å². The Kier molecular flexibility index (Phi) is 3.22. The zero-order valence-electron chi connectivity index (χ0n) is 7.97. The molecule has 0 amide bonds. The van der Waals surface area contributed by atoms with Crippen LogP contribution in [-0.4, -0.2) is 41.7 Å². The molecule has 0 saturated carbocycles. The van der Waals surface area contributed by atoms with Crippen LogP contribution in [0, 0.1) is 0 Å². The molecule has 1 aromatic rings. The summed E-state index contributed by atoms with van der Waals surface area (Å²) in [6.45, 7) is -0.111. The normalized spacial score (nSPS) is 9.57. The number of nitrogens with zero attached hydrogens (tertiary/aromatic N) is 3. The molecule has 14 heavy (non-hydrogen) atoms. The summed E-state index contributed by atoms with van der Waals surface area (Å²) in [5.74, 6) is 0.0107. The highest BCUT2D eigenvalue weighted by Crippen LogP contribution is 2.13. The molecule has 0 bridgehead atoms. The number of likely N-dealkylation sites (N-methyl/N-ethyl adjacent to an activating group) is 1. The van der Waals surface area contributed by atoms with Crippen LogP contribution in [0.2, 0.25) is 0 Å². The average Bonchev–Trinajstić information content (AvgIpc) is 2.17. The Labute approximate surface area is 81.2 Å². The molecule has 0 unspecified atom stereocenters. The second-order valence-electron chi connectivity index (χ2n) is 2.67. The van der Waals surface area contributed by atoms with Crippen LogP contribution in [0.25, 0.3) is 0 Å². The minimum absolute atomic E-state index is 0.111. The number of hydrogen-bond acceptors (Lipinski definition) is 5. The maximum atomic E-state index is 10.4. The molecule has 1 rings (SSSR count). The molecule has 76 valence electrons. The van der Waals surface area contributed by atoms with E-state index < -0.39 is 5.97 Å².